The van der Waals surface area contributed by atoms with Crippen LogP contribution in [0.5, 0.6) is 0 Å². The number of fused-ring (bicyclic) bond motifs is 2. The monoisotopic (exact) mass is 514 g/mol. The minimum Gasteiger partial charge on any atom is -0.480 e. The highest BCUT2D eigenvalue weighted by Gasteiger charge is 2.32. The van der Waals surface area contributed by atoms with Crippen LogP contribution >= 0.6 is 0 Å². The zero-order valence-corrected chi connectivity index (χ0v) is 20.5. The van der Waals surface area contributed by atoms with E-state index in [1.165, 1.54) is 20.9 Å². The number of carbonyl (C=O) groups is 4. The number of hydrogen-bond acceptors (Lipinski definition) is 6. The lowest BCUT2D eigenvalue weighted by Crippen LogP contribution is -2.41. The summed E-state index contributed by atoms with van der Waals surface area (Å²) >= 11 is 0. The third kappa shape index (κ3) is 7.13. The lowest BCUT2D eigenvalue weighted by molar-refractivity contribution is -0.145. The van der Waals surface area contributed by atoms with Crippen molar-refractivity contribution in [3.63, 3.8) is 0 Å². The van der Waals surface area contributed by atoms with Gasteiger partial charge in [0.05, 0.1) is 25.2 Å². The number of aliphatic carboxylic acids is 2. The maximum Gasteiger partial charge on any atom is 0.323 e. The predicted octanol–water partition coefficient (Wildman–Crippen LogP) is 0.267. The second-order valence-corrected chi connectivity index (χ2v) is 8.75. The van der Waals surface area contributed by atoms with Gasteiger partial charge in [0, 0.05) is 0 Å². The van der Waals surface area contributed by atoms with Crippen molar-refractivity contribution in [3.05, 3.63) is 70.8 Å². The molecule has 0 aromatic heterocycles. The Morgan fingerprint density at radius 1 is 0.703 bits per heavy atom. The van der Waals surface area contributed by atoms with E-state index < -0.39 is 11.9 Å². The lowest BCUT2D eigenvalue weighted by atomic mass is 10.1. The van der Waals surface area contributed by atoms with Gasteiger partial charge < -0.3 is 37.0 Å². The van der Waals surface area contributed by atoms with Crippen molar-refractivity contribution in [2.75, 3.05) is 26.2 Å². The maximum atomic E-state index is 11.8. The highest BCUT2D eigenvalue weighted by atomic mass is 16.4. The summed E-state index contributed by atoms with van der Waals surface area (Å²) in [6.45, 7) is -0.915. The zero-order valence-electron chi connectivity index (χ0n) is 20.5. The van der Waals surface area contributed by atoms with Crippen molar-refractivity contribution in [2.24, 2.45) is 11.5 Å². The van der Waals surface area contributed by atoms with Crippen LogP contribution in [0.15, 0.2) is 48.5 Å². The molecule has 0 spiro atoms. The van der Waals surface area contributed by atoms with Gasteiger partial charge in [-0.25, -0.2) is 0 Å². The number of carboxylic acid groups (broad SMARTS) is 2. The first-order valence-corrected chi connectivity index (χ1v) is 11.8. The first kappa shape index (κ1) is 29.4. The maximum absolute atomic E-state index is 11.8. The summed E-state index contributed by atoms with van der Waals surface area (Å²) in [5, 5.41) is 17.8. The number of nitrogens with zero attached hydrogens (tertiary/aromatic N) is 2. The largest absolute Gasteiger partial charge is 0.480 e. The molecule has 0 heterocycles. The molecule has 11 nitrogen and oxygen atoms in total. The Balaban J connectivity index is 0.000000253. The van der Waals surface area contributed by atoms with E-state index in [0.29, 0.717) is 0 Å². The number of rotatable bonds is 8. The molecule has 37 heavy (non-hydrogen) atoms. The molecule has 2 unspecified atom stereocenters. The standard InChI is InChI=1S/2C13H16N2O3.H2O/c2*14-7-12(16)15(8-13(17)18)11-6-5-9-3-1-2-4-10(9)11;/h2*1-4,11H,5-8,14H2,(H,17,18);1H2. The molecule has 0 saturated heterocycles. The molecule has 0 fully saturated rings. The number of amides is 2. The molecule has 0 bridgehead atoms. The van der Waals surface area contributed by atoms with E-state index in [2.05, 4.69) is 0 Å². The second kappa shape index (κ2) is 13.5. The van der Waals surface area contributed by atoms with Gasteiger partial charge in [0.15, 0.2) is 0 Å². The number of aryl methyl sites for hydroxylation is 2. The average molecular weight is 515 g/mol. The Morgan fingerprint density at radius 3 is 1.38 bits per heavy atom. The molecule has 2 aliphatic rings. The van der Waals surface area contributed by atoms with Crippen LogP contribution in [0.1, 0.15) is 47.2 Å². The van der Waals surface area contributed by atoms with E-state index in [1.54, 1.807) is 0 Å². The van der Waals surface area contributed by atoms with Crippen LogP contribution in [0.2, 0.25) is 0 Å². The third-order valence-corrected chi connectivity index (χ3v) is 6.56. The summed E-state index contributed by atoms with van der Waals surface area (Å²) in [5.74, 6) is -2.67. The van der Waals surface area contributed by atoms with Crippen LogP contribution in [-0.4, -0.2) is 75.4 Å². The van der Waals surface area contributed by atoms with E-state index >= 15 is 0 Å². The Morgan fingerprint density at radius 2 is 1.05 bits per heavy atom. The topological polar surface area (TPSA) is 199 Å². The number of nitrogens with two attached hydrogens (primary N) is 2. The van der Waals surface area contributed by atoms with Gasteiger partial charge in [0.2, 0.25) is 11.8 Å². The van der Waals surface area contributed by atoms with E-state index in [9.17, 15) is 19.2 Å². The van der Waals surface area contributed by atoms with Crippen molar-refractivity contribution in [3.8, 4) is 0 Å². The molecule has 200 valence electrons. The van der Waals surface area contributed by atoms with Crippen LogP contribution in [0.4, 0.5) is 0 Å². The van der Waals surface area contributed by atoms with Gasteiger partial charge in [-0.05, 0) is 47.9 Å². The highest BCUT2D eigenvalue weighted by molar-refractivity contribution is 5.84. The summed E-state index contributed by atoms with van der Waals surface area (Å²) in [4.78, 5) is 48.0. The van der Waals surface area contributed by atoms with Crippen molar-refractivity contribution in [1.82, 2.24) is 9.80 Å². The molecule has 2 atom stereocenters. The Hall–Kier alpha value is -3.80. The Labute approximate surface area is 215 Å². The van der Waals surface area contributed by atoms with Gasteiger partial charge in [-0.2, -0.15) is 0 Å². The minimum absolute atomic E-state index is 0. The molecule has 8 N–H and O–H groups in total. The van der Waals surface area contributed by atoms with Crippen molar-refractivity contribution >= 4 is 23.8 Å². The van der Waals surface area contributed by atoms with E-state index in [1.807, 2.05) is 48.5 Å². The number of benzene rings is 2. The summed E-state index contributed by atoms with van der Waals surface area (Å²) < 4.78 is 0. The molecular weight excluding hydrogens is 480 g/mol. The first-order valence-electron chi connectivity index (χ1n) is 11.8. The highest BCUT2D eigenvalue weighted by Crippen LogP contribution is 2.36. The van der Waals surface area contributed by atoms with Crippen LogP contribution in [0, 0.1) is 0 Å². The van der Waals surface area contributed by atoms with Crippen molar-refractivity contribution in [2.45, 2.75) is 37.8 Å². The van der Waals surface area contributed by atoms with Crippen LogP contribution in [-0.2, 0) is 32.0 Å². The number of hydrogen-bond donors (Lipinski definition) is 4. The molecule has 11 heteroatoms. The third-order valence-electron chi connectivity index (χ3n) is 6.56. The summed E-state index contributed by atoms with van der Waals surface area (Å²) in [5.41, 5.74) is 15.2. The molecule has 0 radical (unpaired) electrons. The van der Waals surface area contributed by atoms with Crippen LogP contribution in [0.25, 0.3) is 0 Å². The predicted molar refractivity (Wildman–Crippen MR) is 135 cm³/mol. The van der Waals surface area contributed by atoms with Crippen LogP contribution < -0.4 is 11.5 Å². The van der Waals surface area contributed by atoms with Gasteiger partial charge in [-0.3, -0.25) is 19.2 Å². The molecule has 2 amide bonds. The van der Waals surface area contributed by atoms with Gasteiger partial charge in [-0.15, -0.1) is 0 Å². The molecule has 2 aromatic carbocycles. The minimum atomic E-state index is -1.01. The first-order chi connectivity index (χ1) is 17.3. The smallest absolute Gasteiger partial charge is 0.323 e. The SMILES string of the molecule is NCC(=O)N(CC(=O)O)C1CCc2ccccc21.NCC(=O)N(CC(=O)O)C1CCc2ccccc21.O. The Kier molecular flexibility index (Phi) is 10.7. The zero-order chi connectivity index (χ0) is 26.2. The van der Waals surface area contributed by atoms with E-state index in [0.717, 1.165) is 36.8 Å². The molecule has 2 aliphatic carbocycles. The van der Waals surface area contributed by atoms with Crippen molar-refractivity contribution < 1.29 is 34.9 Å². The van der Waals surface area contributed by atoms with Gasteiger partial charge in [0.25, 0.3) is 0 Å². The quantitative estimate of drug-likeness (QED) is 0.384. The molecule has 0 saturated carbocycles. The average Bonchev–Trinajstić information content (AvgIpc) is 3.49. The van der Waals surface area contributed by atoms with Crippen LogP contribution in [0.3, 0.4) is 0 Å². The van der Waals surface area contributed by atoms with Crippen molar-refractivity contribution in [1.29, 1.82) is 0 Å². The fourth-order valence-electron chi connectivity index (χ4n) is 4.99. The lowest BCUT2D eigenvalue weighted by Gasteiger charge is -2.27. The fraction of sp³-hybridized carbons (Fsp3) is 0.385. The normalized spacial score (nSPS) is 16.8. The summed E-state index contributed by atoms with van der Waals surface area (Å²) in [6.07, 6.45) is 3.26. The number of carboxylic acids is 2. The molecule has 4 rings (SSSR count). The van der Waals surface area contributed by atoms with E-state index in [-0.39, 0.29) is 55.6 Å². The van der Waals surface area contributed by atoms with Gasteiger partial charge in [0.1, 0.15) is 13.1 Å². The fourth-order valence-corrected chi connectivity index (χ4v) is 4.99. The van der Waals surface area contributed by atoms with E-state index in [4.69, 9.17) is 21.7 Å². The molecule has 2 aromatic rings. The van der Waals surface area contributed by atoms with Gasteiger partial charge >= 0.3 is 11.9 Å². The van der Waals surface area contributed by atoms with Gasteiger partial charge in [-0.1, -0.05) is 48.5 Å². The molecular formula is C26H34N4O7. The second-order valence-electron chi connectivity index (χ2n) is 8.75. The number of carbonyl (C=O) groups excluding carboxylic acids is 2. The summed E-state index contributed by atoms with van der Waals surface area (Å²) in [6, 6.07) is 15.3. The Bertz CT molecular complexity index is 1040. The summed E-state index contributed by atoms with van der Waals surface area (Å²) in [7, 11) is 0. The molecule has 0 aliphatic heterocycles.